The highest BCUT2D eigenvalue weighted by Crippen LogP contribution is 2.17. The van der Waals surface area contributed by atoms with Crippen molar-refractivity contribution in [1.29, 1.82) is 0 Å². The highest BCUT2D eigenvalue weighted by Gasteiger charge is 2.20. The molecule has 1 fully saturated rings. The quantitative estimate of drug-likeness (QED) is 0.523. The Morgan fingerprint density at radius 1 is 1.27 bits per heavy atom. The Morgan fingerprint density at radius 3 is 2.73 bits per heavy atom. The molecule has 0 radical (unpaired) electrons. The second kappa shape index (κ2) is 11.7. The van der Waals surface area contributed by atoms with E-state index in [0.29, 0.717) is 6.04 Å². The molecule has 0 spiro atoms. The van der Waals surface area contributed by atoms with Crippen LogP contribution >= 0.6 is 0 Å². The van der Waals surface area contributed by atoms with E-state index in [4.69, 9.17) is 4.99 Å². The predicted molar refractivity (Wildman–Crippen MR) is 111 cm³/mol. The van der Waals surface area contributed by atoms with Crippen LogP contribution in [0.1, 0.15) is 39.5 Å². The molecule has 1 aliphatic rings. The Kier molecular flexibility index (Phi) is 9.24. The Labute approximate surface area is 159 Å². The summed E-state index contributed by atoms with van der Waals surface area (Å²) in [5.41, 5.74) is 0. The maximum atomic E-state index is 4.76. The predicted octanol–water partition coefficient (Wildman–Crippen LogP) is 2.34. The van der Waals surface area contributed by atoms with E-state index in [1.165, 1.54) is 12.8 Å². The molecule has 146 valence electrons. The minimum absolute atomic E-state index is 0.477. The van der Waals surface area contributed by atoms with Crippen LogP contribution in [0, 0.1) is 0 Å². The lowest BCUT2D eigenvalue weighted by Gasteiger charge is -2.33. The molecule has 1 aliphatic heterocycles. The minimum Gasteiger partial charge on any atom is -0.357 e. The van der Waals surface area contributed by atoms with Gasteiger partial charge < -0.3 is 20.4 Å². The summed E-state index contributed by atoms with van der Waals surface area (Å²) in [6, 6.07) is 6.59. The number of nitrogens with one attached hydrogen (secondary N) is 2. The molecule has 2 rings (SSSR count). The topological polar surface area (TPSA) is 55.8 Å². The van der Waals surface area contributed by atoms with Gasteiger partial charge >= 0.3 is 0 Å². The van der Waals surface area contributed by atoms with Crippen molar-refractivity contribution in [1.82, 2.24) is 20.5 Å². The lowest BCUT2D eigenvalue weighted by molar-refractivity contribution is 0.337. The molecule has 2 heterocycles. The van der Waals surface area contributed by atoms with Crippen LogP contribution in [0.15, 0.2) is 29.4 Å². The SMILES string of the molecule is CCCCN(C)CCN=C(NCC)NC1CCN(c2ccccn2)CC1. The molecular formula is C20H36N6. The Hall–Kier alpha value is -1.82. The first kappa shape index (κ1) is 20.5. The average Bonchev–Trinajstić information content (AvgIpc) is 2.68. The van der Waals surface area contributed by atoms with Gasteiger partial charge in [-0.15, -0.1) is 0 Å². The van der Waals surface area contributed by atoms with Crippen LogP contribution < -0.4 is 15.5 Å². The summed E-state index contributed by atoms with van der Waals surface area (Å²) in [5, 5.41) is 7.00. The largest absolute Gasteiger partial charge is 0.357 e. The first-order valence-corrected chi connectivity index (χ1v) is 10.1. The number of pyridine rings is 1. The number of piperidine rings is 1. The van der Waals surface area contributed by atoms with Crippen molar-refractivity contribution in [2.24, 2.45) is 4.99 Å². The third-order valence-corrected chi connectivity index (χ3v) is 4.80. The lowest BCUT2D eigenvalue weighted by atomic mass is 10.1. The standard InChI is InChI=1S/C20H36N6/c1-4-6-14-25(3)17-13-23-20(21-5-2)24-18-10-15-26(16-11-18)19-9-7-8-12-22-19/h7-9,12,18H,4-6,10-11,13-17H2,1-3H3,(H2,21,23,24). The first-order valence-electron chi connectivity index (χ1n) is 10.1. The molecule has 6 heteroatoms. The molecule has 0 amide bonds. The fourth-order valence-corrected chi connectivity index (χ4v) is 3.18. The fourth-order valence-electron chi connectivity index (χ4n) is 3.18. The maximum absolute atomic E-state index is 4.76. The highest BCUT2D eigenvalue weighted by molar-refractivity contribution is 5.80. The van der Waals surface area contributed by atoms with Crippen molar-refractivity contribution in [3.8, 4) is 0 Å². The minimum atomic E-state index is 0.477. The van der Waals surface area contributed by atoms with Crippen molar-refractivity contribution >= 4 is 11.8 Å². The van der Waals surface area contributed by atoms with Crippen LogP contribution in [-0.2, 0) is 0 Å². The zero-order chi connectivity index (χ0) is 18.6. The van der Waals surface area contributed by atoms with Gasteiger partial charge in [-0.1, -0.05) is 19.4 Å². The van der Waals surface area contributed by atoms with Gasteiger partial charge in [0.15, 0.2) is 5.96 Å². The molecule has 0 unspecified atom stereocenters. The Balaban J connectivity index is 1.76. The van der Waals surface area contributed by atoms with Crippen molar-refractivity contribution < 1.29 is 0 Å². The molecule has 2 N–H and O–H groups in total. The number of anilines is 1. The molecule has 1 aromatic rings. The van der Waals surface area contributed by atoms with E-state index in [0.717, 1.165) is 63.9 Å². The van der Waals surface area contributed by atoms with E-state index >= 15 is 0 Å². The van der Waals surface area contributed by atoms with E-state index in [2.05, 4.69) is 58.4 Å². The van der Waals surface area contributed by atoms with Gasteiger partial charge in [0.1, 0.15) is 5.82 Å². The van der Waals surface area contributed by atoms with Gasteiger partial charge in [0.05, 0.1) is 6.54 Å². The van der Waals surface area contributed by atoms with Gasteiger partial charge in [0.25, 0.3) is 0 Å². The molecule has 0 bridgehead atoms. The summed E-state index contributed by atoms with van der Waals surface area (Å²) in [6.07, 6.45) is 6.59. The van der Waals surface area contributed by atoms with E-state index in [1.807, 2.05) is 12.3 Å². The number of likely N-dealkylation sites (N-methyl/N-ethyl adjacent to an activating group) is 1. The van der Waals surface area contributed by atoms with Crippen LogP contribution in [0.5, 0.6) is 0 Å². The fraction of sp³-hybridized carbons (Fsp3) is 0.700. The normalized spacial score (nSPS) is 16.2. The smallest absolute Gasteiger partial charge is 0.191 e. The Bertz CT molecular complexity index is 510. The molecule has 0 saturated carbocycles. The highest BCUT2D eigenvalue weighted by atomic mass is 15.2. The van der Waals surface area contributed by atoms with Gasteiger partial charge in [-0.2, -0.15) is 0 Å². The van der Waals surface area contributed by atoms with Crippen molar-refractivity contribution in [2.45, 2.75) is 45.6 Å². The van der Waals surface area contributed by atoms with E-state index < -0.39 is 0 Å². The number of hydrogen-bond donors (Lipinski definition) is 2. The third-order valence-electron chi connectivity index (χ3n) is 4.80. The van der Waals surface area contributed by atoms with Crippen LogP contribution in [0.3, 0.4) is 0 Å². The zero-order valence-corrected chi connectivity index (χ0v) is 16.7. The molecule has 0 aliphatic carbocycles. The van der Waals surface area contributed by atoms with Crippen LogP contribution in [0.25, 0.3) is 0 Å². The van der Waals surface area contributed by atoms with Gasteiger partial charge in [0.2, 0.25) is 0 Å². The summed E-state index contributed by atoms with van der Waals surface area (Å²) < 4.78 is 0. The first-order chi connectivity index (χ1) is 12.7. The zero-order valence-electron chi connectivity index (χ0n) is 16.7. The van der Waals surface area contributed by atoms with E-state index in [1.54, 1.807) is 0 Å². The lowest BCUT2D eigenvalue weighted by Crippen LogP contribution is -2.49. The summed E-state index contributed by atoms with van der Waals surface area (Å²) >= 11 is 0. The van der Waals surface area contributed by atoms with Gasteiger partial charge in [-0.3, -0.25) is 4.99 Å². The van der Waals surface area contributed by atoms with Crippen molar-refractivity contribution in [3.63, 3.8) is 0 Å². The van der Waals surface area contributed by atoms with Crippen LogP contribution in [0.2, 0.25) is 0 Å². The molecule has 0 aromatic carbocycles. The monoisotopic (exact) mass is 360 g/mol. The summed E-state index contributed by atoms with van der Waals surface area (Å²) in [5.74, 6) is 2.04. The number of aromatic nitrogens is 1. The van der Waals surface area contributed by atoms with Crippen LogP contribution in [-0.4, -0.2) is 68.2 Å². The average molecular weight is 361 g/mol. The molecule has 1 saturated heterocycles. The maximum Gasteiger partial charge on any atom is 0.191 e. The number of unbranched alkanes of at least 4 members (excludes halogenated alkanes) is 1. The second-order valence-corrected chi connectivity index (χ2v) is 7.01. The molecular weight excluding hydrogens is 324 g/mol. The van der Waals surface area contributed by atoms with Gasteiger partial charge in [-0.05, 0) is 51.9 Å². The summed E-state index contributed by atoms with van der Waals surface area (Å²) in [7, 11) is 2.18. The van der Waals surface area contributed by atoms with E-state index in [9.17, 15) is 0 Å². The number of nitrogens with zero attached hydrogens (tertiary/aromatic N) is 4. The van der Waals surface area contributed by atoms with Crippen molar-refractivity contribution in [2.75, 3.05) is 51.2 Å². The molecule has 26 heavy (non-hydrogen) atoms. The number of aliphatic imine (C=N–C) groups is 1. The third kappa shape index (κ3) is 7.20. The number of rotatable bonds is 9. The summed E-state index contributed by atoms with van der Waals surface area (Å²) in [4.78, 5) is 13.9. The van der Waals surface area contributed by atoms with Gasteiger partial charge in [0, 0.05) is 38.4 Å². The molecule has 6 nitrogen and oxygen atoms in total. The van der Waals surface area contributed by atoms with Crippen LogP contribution in [0.4, 0.5) is 5.82 Å². The second-order valence-electron chi connectivity index (χ2n) is 7.01. The molecule has 1 aromatic heterocycles. The Morgan fingerprint density at radius 2 is 2.08 bits per heavy atom. The summed E-state index contributed by atoms with van der Waals surface area (Å²) in [6.45, 7) is 10.3. The number of guanidine groups is 1. The van der Waals surface area contributed by atoms with E-state index in [-0.39, 0.29) is 0 Å². The van der Waals surface area contributed by atoms with Gasteiger partial charge in [-0.25, -0.2) is 4.98 Å². The van der Waals surface area contributed by atoms with Crippen molar-refractivity contribution in [3.05, 3.63) is 24.4 Å². The molecule has 0 atom stereocenters. The number of hydrogen-bond acceptors (Lipinski definition) is 4.